The van der Waals surface area contributed by atoms with Crippen LogP contribution in [0.1, 0.15) is 46.3 Å². The van der Waals surface area contributed by atoms with Crippen LogP contribution in [0.5, 0.6) is 0 Å². The number of amides is 2. The van der Waals surface area contributed by atoms with Gasteiger partial charge in [0, 0.05) is 23.9 Å². The largest absolute Gasteiger partial charge is 0.451 e. The zero-order valence-electron chi connectivity index (χ0n) is 14.5. The number of fused-ring (bicyclic) bond motifs is 1. The van der Waals surface area contributed by atoms with Gasteiger partial charge in [0.2, 0.25) is 5.91 Å². The molecule has 2 aliphatic rings. The highest BCUT2D eigenvalue weighted by atomic mass is 32.1. The average Bonchev–Trinajstić information content (AvgIpc) is 3.02. The van der Waals surface area contributed by atoms with Gasteiger partial charge in [0.25, 0.3) is 5.91 Å². The topological polar surface area (TPSA) is 89.7 Å². The van der Waals surface area contributed by atoms with Crippen LogP contribution >= 0.6 is 11.3 Å². The second kappa shape index (κ2) is 7.56. The van der Waals surface area contributed by atoms with Crippen LogP contribution < -0.4 is 5.73 Å². The fraction of sp³-hybridized carbons (Fsp3) is 0.611. The summed E-state index contributed by atoms with van der Waals surface area (Å²) < 4.78 is 5.21. The van der Waals surface area contributed by atoms with E-state index in [0.29, 0.717) is 36.7 Å². The third-order valence-corrected chi connectivity index (χ3v) is 6.32. The molecule has 0 radical (unpaired) electrons. The van der Waals surface area contributed by atoms with Gasteiger partial charge < -0.3 is 15.4 Å². The zero-order valence-corrected chi connectivity index (χ0v) is 15.3. The maximum Gasteiger partial charge on any atom is 0.348 e. The molecule has 0 spiro atoms. The first-order chi connectivity index (χ1) is 11.9. The molecule has 1 fully saturated rings. The van der Waals surface area contributed by atoms with Crippen molar-refractivity contribution in [3.63, 3.8) is 0 Å². The van der Waals surface area contributed by atoms with Gasteiger partial charge in [-0.3, -0.25) is 9.59 Å². The number of esters is 1. The van der Waals surface area contributed by atoms with Crippen LogP contribution in [0.3, 0.4) is 0 Å². The number of carbonyl (C=O) groups is 3. The van der Waals surface area contributed by atoms with Gasteiger partial charge >= 0.3 is 5.97 Å². The van der Waals surface area contributed by atoms with Crippen molar-refractivity contribution in [3.8, 4) is 0 Å². The van der Waals surface area contributed by atoms with Crippen LogP contribution in [-0.2, 0) is 27.2 Å². The Hall–Kier alpha value is -1.89. The van der Waals surface area contributed by atoms with E-state index in [1.807, 2.05) is 6.07 Å². The lowest BCUT2D eigenvalue weighted by atomic mass is 9.90. The first-order valence-corrected chi connectivity index (χ1v) is 9.61. The van der Waals surface area contributed by atoms with Crippen molar-refractivity contribution in [2.45, 2.75) is 39.0 Å². The molecule has 25 heavy (non-hydrogen) atoms. The maximum absolute atomic E-state index is 12.2. The summed E-state index contributed by atoms with van der Waals surface area (Å²) in [5.74, 6) is -0.463. The molecule has 0 saturated carbocycles. The van der Waals surface area contributed by atoms with Crippen LogP contribution in [0.2, 0.25) is 0 Å². The van der Waals surface area contributed by atoms with Crippen molar-refractivity contribution in [2.75, 3.05) is 19.7 Å². The van der Waals surface area contributed by atoms with E-state index < -0.39 is 5.97 Å². The highest BCUT2D eigenvalue weighted by Crippen LogP contribution is 2.32. The lowest BCUT2D eigenvalue weighted by molar-refractivity contribution is -0.137. The molecule has 1 atom stereocenters. The highest BCUT2D eigenvalue weighted by molar-refractivity contribution is 7.14. The van der Waals surface area contributed by atoms with Crippen LogP contribution in [0.25, 0.3) is 0 Å². The van der Waals surface area contributed by atoms with E-state index in [0.717, 1.165) is 19.3 Å². The van der Waals surface area contributed by atoms with Gasteiger partial charge in [-0.1, -0.05) is 6.92 Å². The van der Waals surface area contributed by atoms with E-state index in [1.165, 1.54) is 21.8 Å². The molecule has 6 nitrogen and oxygen atoms in total. The molecule has 0 unspecified atom stereocenters. The Morgan fingerprint density at radius 3 is 2.68 bits per heavy atom. The molecular formula is C18H24N2O4S. The third-order valence-electron chi connectivity index (χ3n) is 5.11. The summed E-state index contributed by atoms with van der Waals surface area (Å²) >= 11 is 1.49. The first-order valence-electron chi connectivity index (χ1n) is 8.80. The predicted octanol–water partition coefficient (Wildman–Crippen LogP) is 1.75. The quantitative estimate of drug-likeness (QED) is 0.824. The number of primary amides is 1. The second-order valence-corrected chi connectivity index (χ2v) is 8.18. The number of nitrogens with two attached hydrogens (primary N) is 1. The lowest BCUT2D eigenvalue weighted by Gasteiger charge is -2.30. The Labute approximate surface area is 151 Å². The molecule has 3 rings (SSSR count). The fourth-order valence-electron chi connectivity index (χ4n) is 3.51. The summed E-state index contributed by atoms with van der Waals surface area (Å²) in [7, 11) is 0. The van der Waals surface area contributed by atoms with Crippen LogP contribution in [0.4, 0.5) is 0 Å². The van der Waals surface area contributed by atoms with E-state index in [9.17, 15) is 14.4 Å². The minimum absolute atomic E-state index is 0.161. The predicted molar refractivity (Wildman–Crippen MR) is 94.3 cm³/mol. The number of hydrogen-bond acceptors (Lipinski definition) is 5. The van der Waals surface area contributed by atoms with E-state index in [-0.39, 0.29) is 24.3 Å². The molecule has 2 amide bonds. The number of nitrogens with zero attached hydrogens (tertiary/aromatic N) is 1. The monoisotopic (exact) mass is 364 g/mol. The Morgan fingerprint density at radius 1 is 1.28 bits per heavy atom. The summed E-state index contributed by atoms with van der Waals surface area (Å²) in [6, 6.07) is 1.92. The number of ether oxygens (including phenoxy) is 1. The van der Waals surface area contributed by atoms with Gasteiger partial charge in [0.05, 0.1) is 0 Å². The molecule has 1 aliphatic carbocycles. The van der Waals surface area contributed by atoms with Gasteiger partial charge in [0.1, 0.15) is 4.88 Å². The zero-order chi connectivity index (χ0) is 18.0. The Kier molecular flexibility index (Phi) is 5.42. The average molecular weight is 364 g/mol. The summed E-state index contributed by atoms with van der Waals surface area (Å²) in [6.45, 7) is 2.93. The number of aryl methyl sites for hydroxylation is 1. The van der Waals surface area contributed by atoms with Gasteiger partial charge in [-0.2, -0.15) is 0 Å². The molecule has 1 aromatic rings. The highest BCUT2D eigenvalue weighted by Gasteiger charge is 2.27. The normalized spacial score (nSPS) is 20.8. The lowest BCUT2D eigenvalue weighted by Crippen LogP contribution is -2.43. The van der Waals surface area contributed by atoms with Crippen molar-refractivity contribution in [1.82, 2.24) is 4.90 Å². The molecule has 0 aromatic carbocycles. The fourth-order valence-corrected chi connectivity index (χ4v) is 4.61. The number of carbonyl (C=O) groups excluding carboxylic acids is 3. The summed E-state index contributed by atoms with van der Waals surface area (Å²) in [6.07, 6.45) is 4.33. The summed E-state index contributed by atoms with van der Waals surface area (Å²) in [4.78, 5) is 39.1. The van der Waals surface area contributed by atoms with Gasteiger partial charge in [-0.05, 0) is 49.7 Å². The number of rotatable bonds is 4. The summed E-state index contributed by atoms with van der Waals surface area (Å²) in [5, 5.41) is 0. The molecule has 1 aliphatic heterocycles. The van der Waals surface area contributed by atoms with Crippen molar-refractivity contribution in [1.29, 1.82) is 0 Å². The van der Waals surface area contributed by atoms with Gasteiger partial charge in [-0.25, -0.2) is 4.79 Å². The third kappa shape index (κ3) is 4.21. The first kappa shape index (κ1) is 17.9. The van der Waals surface area contributed by atoms with E-state index in [1.54, 1.807) is 4.90 Å². The van der Waals surface area contributed by atoms with E-state index in [2.05, 4.69) is 6.92 Å². The van der Waals surface area contributed by atoms with Crippen molar-refractivity contribution in [2.24, 2.45) is 17.6 Å². The van der Waals surface area contributed by atoms with Gasteiger partial charge in [-0.15, -0.1) is 11.3 Å². The number of piperidine rings is 1. The second-order valence-electron chi connectivity index (χ2n) is 7.04. The van der Waals surface area contributed by atoms with Crippen molar-refractivity contribution in [3.05, 3.63) is 21.4 Å². The van der Waals surface area contributed by atoms with Crippen LogP contribution in [0.15, 0.2) is 6.07 Å². The van der Waals surface area contributed by atoms with Gasteiger partial charge in [0.15, 0.2) is 6.61 Å². The number of hydrogen-bond donors (Lipinski definition) is 1. The van der Waals surface area contributed by atoms with E-state index >= 15 is 0 Å². The molecule has 1 saturated heterocycles. The summed E-state index contributed by atoms with van der Waals surface area (Å²) in [5.41, 5.74) is 6.54. The van der Waals surface area contributed by atoms with Crippen molar-refractivity contribution >= 4 is 29.1 Å². The molecule has 0 bridgehead atoms. The molecule has 136 valence electrons. The Balaban J connectivity index is 1.49. The Bertz CT molecular complexity index is 677. The smallest absolute Gasteiger partial charge is 0.348 e. The van der Waals surface area contributed by atoms with Crippen LogP contribution in [0, 0.1) is 11.8 Å². The maximum atomic E-state index is 12.2. The van der Waals surface area contributed by atoms with Crippen molar-refractivity contribution < 1.29 is 19.1 Å². The standard InChI is InChI=1S/C18H24N2O4S/c1-11-2-3-14-13(8-11)9-15(25-14)18(23)24-10-16(21)20-6-4-12(5-7-20)17(19)22/h9,11-12H,2-8,10H2,1H3,(H2,19,22)/t11-/m1/s1. The van der Waals surface area contributed by atoms with Crippen LogP contribution in [-0.4, -0.2) is 42.4 Å². The SMILES string of the molecule is C[C@@H]1CCc2sc(C(=O)OCC(=O)N3CCC(C(N)=O)CC3)cc2C1. The minimum atomic E-state index is -0.424. The molecule has 1 aromatic heterocycles. The Morgan fingerprint density at radius 2 is 2.00 bits per heavy atom. The molecule has 7 heteroatoms. The minimum Gasteiger partial charge on any atom is -0.451 e. The number of thiophene rings is 1. The molecular weight excluding hydrogens is 340 g/mol. The van der Waals surface area contributed by atoms with E-state index in [4.69, 9.17) is 10.5 Å². The number of likely N-dealkylation sites (tertiary alicyclic amines) is 1. The molecule has 2 N–H and O–H groups in total. The molecule has 2 heterocycles.